The van der Waals surface area contributed by atoms with Gasteiger partial charge in [0, 0.05) is 26.7 Å². The molecule has 0 spiro atoms. The fourth-order valence-corrected chi connectivity index (χ4v) is 1.70. The maximum atomic E-state index is 11.7. The summed E-state index contributed by atoms with van der Waals surface area (Å²) in [5.74, 6) is -0.408. The van der Waals surface area contributed by atoms with Gasteiger partial charge in [-0.1, -0.05) is 0 Å². The molecular weight excluding hydrogens is 224 g/mol. The van der Waals surface area contributed by atoms with Crippen molar-refractivity contribution < 1.29 is 19.1 Å². The summed E-state index contributed by atoms with van der Waals surface area (Å²) in [5, 5.41) is 0. The highest BCUT2D eigenvalue weighted by Crippen LogP contribution is 2.12. The molecule has 1 saturated heterocycles. The van der Waals surface area contributed by atoms with Crippen LogP contribution in [0.5, 0.6) is 0 Å². The average Bonchev–Trinajstić information content (AvgIpc) is 2.29. The minimum atomic E-state index is -0.625. The monoisotopic (exact) mass is 243 g/mol. The maximum absolute atomic E-state index is 11.7. The van der Waals surface area contributed by atoms with Crippen molar-refractivity contribution in [3.05, 3.63) is 7.05 Å². The van der Waals surface area contributed by atoms with Gasteiger partial charge in [0.05, 0.1) is 13.2 Å². The number of amides is 1. The summed E-state index contributed by atoms with van der Waals surface area (Å²) in [6, 6.07) is -0.625. The zero-order valence-electron chi connectivity index (χ0n) is 10.3. The van der Waals surface area contributed by atoms with Crippen molar-refractivity contribution in [2.24, 2.45) is 0 Å². The second kappa shape index (κ2) is 6.44. The number of carbonyl (C=O) groups excluding carboxylic acids is 2. The summed E-state index contributed by atoms with van der Waals surface area (Å²) in [4.78, 5) is 26.6. The van der Waals surface area contributed by atoms with Gasteiger partial charge in [0.15, 0.2) is 0 Å². The van der Waals surface area contributed by atoms with Gasteiger partial charge in [0.1, 0.15) is 6.04 Å². The molecule has 1 amide bonds. The Morgan fingerprint density at radius 2 is 1.88 bits per heavy atom. The molecule has 1 radical (unpaired) electrons. The van der Waals surface area contributed by atoms with Gasteiger partial charge in [0.25, 0.3) is 0 Å². The van der Waals surface area contributed by atoms with E-state index in [1.807, 2.05) is 0 Å². The summed E-state index contributed by atoms with van der Waals surface area (Å²) in [6.45, 7) is 5.46. The van der Waals surface area contributed by atoms with Crippen LogP contribution in [-0.2, 0) is 14.3 Å². The van der Waals surface area contributed by atoms with Gasteiger partial charge < -0.3 is 9.47 Å². The number of hydrogen-bond acceptors (Lipinski definition) is 5. The van der Waals surface area contributed by atoms with Crippen LogP contribution in [0.15, 0.2) is 0 Å². The SMILES string of the molecule is [CH2]N1CCN(C(=O)OCC)C(C(=O)OCC)C1. The molecule has 0 aromatic carbocycles. The highest BCUT2D eigenvalue weighted by molar-refractivity contribution is 5.82. The van der Waals surface area contributed by atoms with Gasteiger partial charge in [0.2, 0.25) is 0 Å². The molecule has 1 unspecified atom stereocenters. The Hall–Kier alpha value is -1.30. The molecule has 0 bridgehead atoms. The molecule has 0 N–H and O–H groups in total. The molecule has 1 rings (SSSR count). The second-order valence-corrected chi connectivity index (χ2v) is 3.74. The quantitative estimate of drug-likeness (QED) is 0.675. The van der Waals surface area contributed by atoms with Crippen LogP contribution in [-0.4, -0.2) is 60.8 Å². The van der Waals surface area contributed by atoms with Crippen molar-refractivity contribution >= 4 is 12.1 Å². The molecule has 17 heavy (non-hydrogen) atoms. The molecule has 1 fully saturated rings. The van der Waals surface area contributed by atoms with Gasteiger partial charge in [-0.05, 0) is 13.8 Å². The third-order valence-electron chi connectivity index (χ3n) is 2.53. The zero-order valence-corrected chi connectivity index (χ0v) is 10.3. The predicted octanol–water partition coefficient (Wildman–Crippen LogP) is 0.484. The molecule has 6 nitrogen and oxygen atoms in total. The number of rotatable bonds is 3. The Labute approximate surface area is 101 Å². The van der Waals surface area contributed by atoms with Crippen molar-refractivity contribution in [1.82, 2.24) is 9.80 Å². The Morgan fingerprint density at radius 3 is 2.47 bits per heavy atom. The fourth-order valence-electron chi connectivity index (χ4n) is 1.70. The molecule has 1 atom stereocenters. The fraction of sp³-hybridized carbons (Fsp3) is 0.727. The van der Waals surface area contributed by atoms with E-state index in [4.69, 9.17) is 9.47 Å². The molecular formula is C11H19N2O4. The lowest BCUT2D eigenvalue weighted by Gasteiger charge is -2.37. The summed E-state index contributed by atoms with van der Waals surface area (Å²) >= 11 is 0. The van der Waals surface area contributed by atoms with E-state index in [1.165, 1.54) is 4.90 Å². The van der Waals surface area contributed by atoms with Crippen molar-refractivity contribution in [3.63, 3.8) is 0 Å². The first-order valence-electron chi connectivity index (χ1n) is 5.75. The van der Waals surface area contributed by atoms with Crippen LogP contribution in [0.2, 0.25) is 0 Å². The van der Waals surface area contributed by atoms with Gasteiger partial charge in [-0.25, -0.2) is 9.59 Å². The summed E-state index contributed by atoms with van der Waals surface area (Å²) in [7, 11) is 3.78. The molecule has 1 heterocycles. The van der Waals surface area contributed by atoms with E-state index >= 15 is 0 Å². The molecule has 6 heteroatoms. The highest BCUT2D eigenvalue weighted by atomic mass is 16.6. The first kappa shape index (κ1) is 13.8. The Bertz CT molecular complexity index is 283. The van der Waals surface area contributed by atoms with Crippen molar-refractivity contribution in [1.29, 1.82) is 0 Å². The third kappa shape index (κ3) is 3.59. The van der Waals surface area contributed by atoms with Crippen LogP contribution in [0.4, 0.5) is 4.79 Å². The molecule has 1 aliphatic rings. The van der Waals surface area contributed by atoms with Gasteiger partial charge in [-0.3, -0.25) is 9.80 Å². The number of carbonyl (C=O) groups is 2. The van der Waals surface area contributed by atoms with Crippen LogP contribution in [0, 0.1) is 7.05 Å². The second-order valence-electron chi connectivity index (χ2n) is 3.74. The van der Waals surface area contributed by atoms with Gasteiger partial charge in [-0.2, -0.15) is 0 Å². The topological polar surface area (TPSA) is 59.1 Å². The summed E-state index contributed by atoms with van der Waals surface area (Å²) in [6.07, 6.45) is -0.473. The molecule has 0 aromatic heterocycles. The van der Waals surface area contributed by atoms with E-state index in [0.29, 0.717) is 32.8 Å². The number of esters is 1. The van der Waals surface area contributed by atoms with Crippen LogP contribution in [0.3, 0.4) is 0 Å². The first-order chi connectivity index (χ1) is 8.10. The largest absolute Gasteiger partial charge is 0.464 e. The normalized spacial score (nSPS) is 21.1. The number of hydrogen-bond donors (Lipinski definition) is 0. The van der Waals surface area contributed by atoms with Crippen LogP contribution >= 0.6 is 0 Å². The smallest absolute Gasteiger partial charge is 0.410 e. The minimum Gasteiger partial charge on any atom is -0.464 e. The standard InChI is InChI=1S/C11H19N2O4/c1-4-16-10(14)9-8-12(3)6-7-13(9)11(15)17-5-2/h9H,3-8H2,1-2H3. The average molecular weight is 243 g/mol. The van der Waals surface area contributed by atoms with Crippen LogP contribution in [0.1, 0.15) is 13.8 Å². The maximum Gasteiger partial charge on any atom is 0.410 e. The Morgan fingerprint density at radius 1 is 1.24 bits per heavy atom. The summed E-state index contributed by atoms with van der Waals surface area (Å²) < 4.78 is 9.86. The Balaban J connectivity index is 2.70. The Kier molecular flexibility index (Phi) is 5.21. The van der Waals surface area contributed by atoms with Crippen LogP contribution < -0.4 is 0 Å². The number of nitrogens with zero attached hydrogens (tertiary/aromatic N) is 2. The van der Waals surface area contributed by atoms with Crippen molar-refractivity contribution in [2.45, 2.75) is 19.9 Å². The van der Waals surface area contributed by atoms with Gasteiger partial charge >= 0.3 is 12.1 Å². The molecule has 0 aromatic rings. The lowest BCUT2D eigenvalue weighted by molar-refractivity contribution is -0.150. The molecule has 1 aliphatic heterocycles. The lowest BCUT2D eigenvalue weighted by atomic mass is 10.2. The van der Waals surface area contributed by atoms with E-state index in [-0.39, 0.29) is 0 Å². The minimum absolute atomic E-state index is 0.291. The molecule has 97 valence electrons. The van der Waals surface area contributed by atoms with Crippen molar-refractivity contribution in [2.75, 3.05) is 32.8 Å². The predicted molar refractivity (Wildman–Crippen MR) is 61.1 cm³/mol. The van der Waals surface area contributed by atoms with E-state index < -0.39 is 18.1 Å². The summed E-state index contributed by atoms with van der Waals surface area (Å²) in [5.41, 5.74) is 0. The van der Waals surface area contributed by atoms with Crippen molar-refractivity contribution in [3.8, 4) is 0 Å². The molecule has 0 saturated carbocycles. The zero-order chi connectivity index (χ0) is 12.8. The number of piperazine rings is 1. The van der Waals surface area contributed by atoms with Gasteiger partial charge in [-0.15, -0.1) is 0 Å². The van der Waals surface area contributed by atoms with E-state index in [2.05, 4.69) is 7.05 Å². The number of ether oxygens (including phenoxy) is 2. The first-order valence-corrected chi connectivity index (χ1v) is 5.75. The van der Waals surface area contributed by atoms with E-state index in [0.717, 1.165) is 0 Å². The highest BCUT2D eigenvalue weighted by Gasteiger charge is 2.36. The van der Waals surface area contributed by atoms with E-state index in [1.54, 1.807) is 18.7 Å². The van der Waals surface area contributed by atoms with E-state index in [9.17, 15) is 9.59 Å². The van der Waals surface area contributed by atoms with Crippen LogP contribution in [0.25, 0.3) is 0 Å². The lowest BCUT2D eigenvalue weighted by Crippen LogP contribution is -2.57. The molecule has 0 aliphatic carbocycles. The third-order valence-corrected chi connectivity index (χ3v) is 2.53.